The smallest absolute Gasteiger partial charge is 0.0464 e. The zero-order valence-corrected chi connectivity index (χ0v) is 23.3. The molecule has 0 radical (unpaired) electrons. The Hall–Kier alpha value is -1.63. The molecule has 1 heterocycles. The molecule has 174 valence electrons. The third-order valence-corrected chi connectivity index (χ3v) is 7.12. The third kappa shape index (κ3) is 5.79. The van der Waals surface area contributed by atoms with Gasteiger partial charge in [0.2, 0.25) is 0 Å². The van der Waals surface area contributed by atoms with Crippen LogP contribution in [0.1, 0.15) is 141 Å². The first kappa shape index (κ1) is 27.4. The van der Waals surface area contributed by atoms with Gasteiger partial charge in [0.25, 0.3) is 0 Å². The van der Waals surface area contributed by atoms with Crippen LogP contribution in [0.3, 0.4) is 0 Å². The molecule has 1 aromatic carbocycles. The highest BCUT2D eigenvalue weighted by Gasteiger charge is 2.18. The molecule has 0 atom stereocenters. The minimum atomic E-state index is 0.516. The van der Waals surface area contributed by atoms with Gasteiger partial charge < -0.3 is 0 Å². The fraction of sp³-hybridized carbons (Fsp3) is 0.633. The van der Waals surface area contributed by atoms with Crippen LogP contribution in [0.15, 0.2) is 0 Å². The van der Waals surface area contributed by atoms with Gasteiger partial charge in [-0.3, -0.25) is 4.98 Å². The molecule has 0 bridgehead atoms. The normalized spacial score (nSPS) is 11.6. The minimum Gasteiger partial charge on any atom is -0.257 e. The monoisotopic (exact) mass is 423 g/mol. The van der Waals surface area contributed by atoms with Crippen molar-refractivity contribution in [3.05, 3.63) is 61.5 Å². The molecule has 31 heavy (non-hydrogen) atoms. The van der Waals surface area contributed by atoms with Crippen LogP contribution < -0.4 is 0 Å². The summed E-state index contributed by atoms with van der Waals surface area (Å²) in [6.07, 6.45) is 0. The van der Waals surface area contributed by atoms with Crippen molar-refractivity contribution < 1.29 is 0 Å². The van der Waals surface area contributed by atoms with Gasteiger partial charge >= 0.3 is 0 Å². The van der Waals surface area contributed by atoms with E-state index in [9.17, 15) is 0 Å². The Kier molecular flexibility index (Phi) is 9.54. The summed E-state index contributed by atoms with van der Waals surface area (Å²) >= 11 is 0. The molecule has 1 heteroatoms. The summed E-state index contributed by atoms with van der Waals surface area (Å²) in [5.41, 5.74) is 15.8. The van der Waals surface area contributed by atoms with Gasteiger partial charge in [-0.15, -0.1) is 0 Å². The summed E-state index contributed by atoms with van der Waals surface area (Å²) in [6.45, 7) is 33.8. The topological polar surface area (TPSA) is 12.9 Å². The van der Waals surface area contributed by atoms with Crippen molar-refractivity contribution >= 4 is 0 Å². The van der Waals surface area contributed by atoms with Crippen LogP contribution in [0.5, 0.6) is 0 Å². The summed E-state index contributed by atoms with van der Waals surface area (Å²) in [7, 11) is 0. The van der Waals surface area contributed by atoms with Gasteiger partial charge in [0.1, 0.15) is 0 Å². The molecule has 2 rings (SSSR count). The zero-order valence-electron chi connectivity index (χ0n) is 23.3. The first-order valence-electron chi connectivity index (χ1n) is 12.2. The number of nitrogens with zero attached hydrogens (tertiary/aromatic N) is 1. The Balaban J connectivity index is 0.000000311. The maximum absolute atomic E-state index is 4.83. The van der Waals surface area contributed by atoms with Gasteiger partial charge in [0.05, 0.1) is 0 Å². The van der Waals surface area contributed by atoms with Crippen molar-refractivity contribution in [3.63, 3.8) is 0 Å². The predicted molar refractivity (Wildman–Crippen MR) is 140 cm³/mol. The maximum Gasteiger partial charge on any atom is 0.0464 e. The molecule has 0 N–H and O–H groups in total. The molecule has 0 saturated heterocycles. The predicted octanol–water partition coefficient (Wildman–Crippen LogP) is 9.42. The molecule has 0 fully saturated rings. The van der Waals surface area contributed by atoms with Crippen LogP contribution in [-0.2, 0) is 0 Å². The van der Waals surface area contributed by atoms with Gasteiger partial charge in [-0.2, -0.15) is 0 Å². The van der Waals surface area contributed by atoms with Crippen LogP contribution in [0.25, 0.3) is 0 Å². The van der Waals surface area contributed by atoms with E-state index in [0.29, 0.717) is 23.7 Å². The van der Waals surface area contributed by atoms with Gasteiger partial charge in [-0.05, 0) is 122 Å². The Morgan fingerprint density at radius 1 is 0.355 bits per heavy atom. The van der Waals surface area contributed by atoms with E-state index >= 15 is 0 Å². The lowest BCUT2D eigenvalue weighted by molar-refractivity contribution is 0.745. The number of pyridine rings is 1. The largest absolute Gasteiger partial charge is 0.257 e. The van der Waals surface area contributed by atoms with E-state index in [1.165, 1.54) is 50.3 Å². The van der Waals surface area contributed by atoms with Crippen LogP contribution in [0.4, 0.5) is 0 Å². The zero-order chi connectivity index (χ0) is 24.4. The van der Waals surface area contributed by atoms with E-state index in [0.717, 1.165) is 0 Å². The average molecular weight is 424 g/mol. The number of benzene rings is 1. The second kappa shape index (κ2) is 10.8. The van der Waals surface area contributed by atoms with Gasteiger partial charge in [-0.25, -0.2) is 0 Å². The van der Waals surface area contributed by atoms with Crippen molar-refractivity contribution in [3.8, 4) is 0 Å². The van der Waals surface area contributed by atoms with Gasteiger partial charge in [0.15, 0.2) is 0 Å². The Bertz CT molecular complexity index is 844. The molecule has 0 unspecified atom stereocenters. The Labute approximate surface area is 194 Å². The van der Waals surface area contributed by atoms with E-state index in [4.69, 9.17) is 4.98 Å². The second-order valence-corrected chi connectivity index (χ2v) is 10.7. The summed E-state index contributed by atoms with van der Waals surface area (Å²) < 4.78 is 0. The molecular formula is C30H49N. The first-order valence-corrected chi connectivity index (χ1v) is 12.2. The van der Waals surface area contributed by atoms with Crippen LogP contribution in [0.2, 0.25) is 0 Å². The summed E-state index contributed by atoms with van der Waals surface area (Å²) in [6, 6.07) is 0. The van der Waals surface area contributed by atoms with Crippen molar-refractivity contribution in [1.82, 2.24) is 4.98 Å². The Morgan fingerprint density at radius 2 is 0.645 bits per heavy atom. The molecule has 0 saturated carbocycles. The highest BCUT2D eigenvalue weighted by molar-refractivity contribution is 5.52. The van der Waals surface area contributed by atoms with Crippen LogP contribution in [0, 0.1) is 48.5 Å². The van der Waals surface area contributed by atoms with E-state index in [2.05, 4.69) is 104 Å². The second-order valence-electron chi connectivity index (χ2n) is 10.7. The lowest BCUT2D eigenvalue weighted by Gasteiger charge is -2.24. The van der Waals surface area contributed by atoms with Crippen LogP contribution >= 0.6 is 0 Å². The molecule has 0 aliphatic carbocycles. The number of hydrogen-bond acceptors (Lipinski definition) is 1. The maximum atomic E-state index is 4.83. The first-order chi connectivity index (χ1) is 14.1. The fourth-order valence-corrected chi connectivity index (χ4v) is 5.21. The average Bonchev–Trinajstić information content (AvgIpc) is 2.64. The molecule has 1 aromatic heterocycles. The van der Waals surface area contributed by atoms with E-state index in [1.807, 2.05) is 0 Å². The molecule has 2 aromatic rings. The molecule has 1 nitrogen and oxygen atoms in total. The lowest BCUT2D eigenvalue weighted by atomic mass is 9.81. The lowest BCUT2D eigenvalue weighted by Crippen LogP contribution is -2.07. The van der Waals surface area contributed by atoms with E-state index in [-0.39, 0.29) is 0 Å². The molecule has 0 aliphatic rings. The summed E-state index contributed by atoms with van der Waals surface area (Å²) in [5.74, 6) is 2.28. The van der Waals surface area contributed by atoms with Gasteiger partial charge in [-0.1, -0.05) is 55.4 Å². The highest BCUT2D eigenvalue weighted by Crippen LogP contribution is 2.35. The highest BCUT2D eigenvalue weighted by atomic mass is 14.7. The van der Waals surface area contributed by atoms with E-state index < -0.39 is 0 Å². The van der Waals surface area contributed by atoms with Crippen molar-refractivity contribution in [2.24, 2.45) is 0 Å². The number of hydrogen-bond donors (Lipinski definition) is 0. The third-order valence-electron chi connectivity index (χ3n) is 7.12. The van der Waals surface area contributed by atoms with Crippen molar-refractivity contribution in [2.45, 2.75) is 128 Å². The number of aromatic nitrogens is 1. The van der Waals surface area contributed by atoms with Crippen LogP contribution in [-0.4, -0.2) is 4.98 Å². The van der Waals surface area contributed by atoms with E-state index in [1.54, 1.807) is 11.1 Å². The number of rotatable bonds is 4. The summed E-state index contributed by atoms with van der Waals surface area (Å²) in [5, 5.41) is 0. The van der Waals surface area contributed by atoms with Crippen molar-refractivity contribution in [2.75, 3.05) is 0 Å². The molecular weight excluding hydrogens is 374 g/mol. The summed E-state index contributed by atoms with van der Waals surface area (Å²) in [4.78, 5) is 4.83. The Morgan fingerprint density at radius 3 is 0.903 bits per heavy atom. The molecule has 0 spiro atoms. The minimum absolute atomic E-state index is 0.516. The molecule has 0 aliphatic heterocycles. The van der Waals surface area contributed by atoms with Gasteiger partial charge in [0, 0.05) is 11.4 Å². The standard InChI is InChI=1S/C16H26.C14H23N/c1-9(2)15-12(6)11(5)13(7)16(10(3)4)14(15)8;1-8(2)13-11(6)10(5)12(7)14(15-13)9(3)4/h9-10H,1-8H3;8-9H,1-7H3. The fourth-order valence-electron chi connectivity index (χ4n) is 5.21. The SMILES string of the molecule is Cc1c(C(C)C)nc(C(C)C)c(C)c1C.Cc1c(C)c(C(C)C)c(C)c(C(C)C)c1C. The van der Waals surface area contributed by atoms with Crippen molar-refractivity contribution in [1.29, 1.82) is 0 Å². The molecule has 0 amide bonds. The quantitative estimate of drug-likeness (QED) is 0.477.